The van der Waals surface area contributed by atoms with Crippen LogP contribution in [0.15, 0.2) is 47.2 Å². The summed E-state index contributed by atoms with van der Waals surface area (Å²) in [5.41, 5.74) is 1.77. The third kappa shape index (κ3) is 3.45. The standard InChI is InChI=1S/C13H12BrClN2O/c14-10-4-9(6-16-7-10)13(8-18)17-12-3-1-2-11(15)5-12/h1-7,13,17-18H,8H2. The van der Waals surface area contributed by atoms with Gasteiger partial charge in [0.15, 0.2) is 0 Å². The quantitative estimate of drug-likeness (QED) is 0.901. The Balaban J connectivity index is 2.19. The summed E-state index contributed by atoms with van der Waals surface area (Å²) in [7, 11) is 0. The predicted octanol–water partition coefficient (Wildman–Crippen LogP) is 3.64. The van der Waals surface area contributed by atoms with Crippen molar-refractivity contribution in [1.29, 1.82) is 0 Å². The van der Waals surface area contributed by atoms with Crippen LogP contribution >= 0.6 is 27.5 Å². The molecular formula is C13H12BrClN2O. The van der Waals surface area contributed by atoms with E-state index in [4.69, 9.17) is 11.6 Å². The van der Waals surface area contributed by atoms with Crippen molar-refractivity contribution in [2.45, 2.75) is 6.04 Å². The first kappa shape index (κ1) is 13.3. The maximum Gasteiger partial charge on any atom is 0.0760 e. The maximum absolute atomic E-state index is 9.46. The summed E-state index contributed by atoms with van der Waals surface area (Å²) in [4.78, 5) is 4.09. The third-order valence-corrected chi connectivity index (χ3v) is 3.15. The number of anilines is 1. The average Bonchev–Trinajstić information content (AvgIpc) is 2.36. The van der Waals surface area contributed by atoms with Crippen LogP contribution in [0.2, 0.25) is 5.02 Å². The van der Waals surface area contributed by atoms with Crippen molar-refractivity contribution in [2.24, 2.45) is 0 Å². The molecule has 0 amide bonds. The first-order chi connectivity index (χ1) is 8.69. The Kier molecular flexibility index (Phi) is 4.58. The van der Waals surface area contributed by atoms with Crippen LogP contribution in [0, 0.1) is 0 Å². The van der Waals surface area contributed by atoms with Crippen LogP contribution < -0.4 is 5.32 Å². The molecule has 0 aliphatic carbocycles. The van der Waals surface area contributed by atoms with Gasteiger partial charge >= 0.3 is 0 Å². The van der Waals surface area contributed by atoms with Gasteiger partial charge in [-0.2, -0.15) is 0 Å². The molecule has 0 fully saturated rings. The highest BCUT2D eigenvalue weighted by molar-refractivity contribution is 9.10. The summed E-state index contributed by atoms with van der Waals surface area (Å²) in [5.74, 6) is 0. The van der Waals surface area contributed by atoms with Crippen LogP contribution in [0.1, 0.15) is 11.6 Å². The Bertz CT molecular complexity index is 536. The van der Waals surface area contributed by atoms with Crippen molar-refractivity contribution in [3.63, 3.8) is 0 Å². The highest BCUT2D eigenvalue weighted by Gasteiger charge is 2.11. The van der Waals surface area contributed by atoms with Crippen LogP contribution in [0.25, 0.3) is 0 Å². The van der Waals surface area contributed by atoms with Crippen molar-refractivity contribution >= 4 is 33.2 Å². The first-order valence-electron chi connectivity index (χ1n) is 5.42. The molecule has 1 aromatic carbocycles. The highest BCUT2D eigenvalue weighted by Crippen LogP contribution is 2.23. The van der Waals surface area contributed by atoms with E-state index in [1.165, 1.54) is 0 Å². The topological polar surface area (TPSA) is 45.1 Å². The zero-order valence-corrected chi connectivity index (χ0v) is 11.8. The number of nitrogens with zero attached hydrogens (tertiary/aromatic N) is 1. The molecule has 2 aromatic rings. The second-order valence-electron chi connectivity index (χ2n) is 3.83. The Hall–Kier alpha value is -1.10. The summed E-state index contributed by atoms with van der Waals surface area (Å²) >= 11 is 9.28. The fourth-order valence-electron chi connectivity index (χ4n) is 1.63. The molecule has 3 nitrogen and oxygen atoms in total. The van der Waals surface area contributed by atoms with E-state index < -0.39 is 0 Å². The van der Waals surface area contributed by atoms with Gasteiger partial charge < -0.3 is 10.4 Å². The molecule has 0 radical (unpaired) electrons. The summed E-state index contributed by atoms with van der Waals surface area (Å²) in [6, 6.07) is 9.09. The van der Waals surface area contributed by atoms with E-state index in [0.29, 0.717) is 5.02 Å². The number of rotatable bonds is 4. The Labute approximate surface area is 119 Å². The first-order valence-corrected chi connectivity index (χ1v) is 6.59. The second kappa shape index (κ2) is 6.18. The lowest BCUT2D eigenvalue weighted by Gasteiger charge is -2.18. The molecular weight excluding hydrogens is 316 g/mol. The second-order valence-corrected chi connectivity index (χ2v) is 5.18. The molecule has 0 aliphatic heterocycles. The number of pyridine rings is 1. The monoisotopic (exact) mass is 326 g/mol. The van der Waals surface area contributed by atoms with Gasteiger partial charge in [0, 0.05) is 27.6 Å². The summed E-state index contributed by atoms with van der Waals surface area (Å²) < 4.78 is 0.881. The normalized spacial score (nSPS) is 12.2. The summed E-state index contributed by atoms with van der Waals surface area (Å²) in [6.07, 6.45) is 3.43. The van der Waals surface area contributed by atoms with E-state index in [1.54, 1.807) is 18.5 Å². The van der Waals surface area contributed by atoms with Gasteiger partial charge in [0.2, 0.25) is 0 Å². The van der Waals surface area contributed by atoms with Gasteiger partial charge in [0.05, 0.1) is 12.6 Å². The lowest BCUT2D eigenvalue weighted by Crippen LogP contribution is -2.15. The molecule has 2 rings (SSSR count). The molecule has 0 spiro atoms. The predicted molar refractivity (Wildman–Crippen MR) is 76.8 cm³/mol. The van der Waals surface area contributed by atoms with E-state index in [-0.39, 0.29) is 12.6 Å². The maximum atomic E-state index is 9.46. The smallest absolute Gasteiger partial charge is 0.0760 e. The minimum absolute atomic E-state index is 0.0232. The van der Waals surface area contributed by atoms with Crippen molar-refractivity contribution in [2.75, 3.05) is 11.9 Å². The van der Waals surface area contributed by atoms with Crippen LogP contribution in [0.4, 0.5) is 5.69 Å². The highest BCUT2D eigenvalue weighted by atomic mass is 79.9. The van der Waals surface area contributed by atoms with E-state index >= 15 is 0 Å². The van der Waals surface area contributed by atoms with Gasteiger partial charge in [-0.3, -0.25) is 4.98 Å². The zero-order valence-electron chi connectivity index (χ0n) is 9.48. The largest absolute Gasteiger partial charge is 0.394 e. The molecule has 2 N–H and O–H groups in total. The zero-order chi connectivity index (χ0) is 13.0. The van der Waals surface area contributed by atoms with Crippen molar-refractivity contribution < 1.29 is 5.11 Å². The van der Waals surface area contributed by atoms with Gasteiger partial charge in [0.1, 0.15) is 0 Å². The van der Waals surface area contributed by atoms with E-state index in [9.17, 15) is 5.11 Å². The van der Waals surface area contributed by atoms with Crippen LogP contribution in [0.3, 0.4) is 0 Å². The molecule has 0 bridgehead atoms. The lowest BCUT2D eigenvalue weighted by atomic mass is 10.1. The van der Waals surface area contributed by atoms with Gasteiger partial charge in [-0.1, -0.05) is 17.7 Å². The summed E-state index contributed by atoms with van der Waals surface area (Å²) in [5, 5.41) is 13.3. The van der Waals surface area contributed by atoms with E-state index in [2.05, 4.69) is 26.2 Å². The van der Waals surface area contributed by atoms with Crippen molar-refractivity contribution in [3.8, 4) is 0 Å². The number of halogens is 2. The number of hydrogen-bond acceptors (Lipinski definition) is 3. The third-order valence-electron chi connectivity index (χ3n) is 2.48. The molecule has 5 heteroatoms. The number of aliphatic hydroxyl groups excluding tert-OH is 1. The van der Waals surface area contributed by atoms with Gasteiger partial charge in [-0.05, 0) is 45.8 Å². The SMILES string of the molecule is OCC(Nc1cccc(Cl)c1)c1cncc(Br)c1. The number of aromatic nitrogens is 1. The van der Waals surface area contributed by atoms with Crippen molar-refractivity contribution in [1.82, 2.24) is 4.98 Å². The van der Waals surface area contributed by atoms with Crippen LogP contribution in [-0.2, 0) is 0 Å². The Morgan fingerprint density at radius 1 is 1.33 bits per heavy atom. The number of nitrogens with one attached hydrogen (secondary N) is 1. The summed E-state index contributed by atoms with van der Waals surface area (Å²) in [6.45, 7) is -0.0232. The lowest BCUT2D eigenvalue weighted by molar-refractivity contribution is 0.276. The fraction of sp³-hybridized carbons (Fsp3) is 0.154. The van der Waals surface area contributed by atoms with E-state index in [1.807, 2.05) is 24.3 Å². The number of benzene rings is 1. The van der Waals surface area contributed by atoms with Gasteiger partial charge in [0.25, 0.3) is 0 Å². The number of aliphatic hydroxyl groups is 1. The number of hydrogen-bond donors (Lipinski definition) is 2. The minimum atomic E-state index is -0.214. The van der Waals surface area contributed by atoms with Crippen LogP contribution in [0.5, 0.6) is 0 Å². The fourth-order valence-corrected chi connectivity index (χ4v) is 2.21. The molecule has 0 aliphatic rings. The molecule has 1 heterocycles. The average molecular weight is 328 g/mol. The molecule has 1 unspecified atom stereocenters. The molecule has 0 saturated carbocycles. The van der Waals surface area contributed by atoms with Gasteiger partial charge in [-0.25, -0.2) is 0 Å². The Morgan fingerprint density at radius 2 is 2.17 bits per heavy atom. The van der Waals surface area contributed by atoms with Crippen molar-refractivity contribution in [3.05, 3.63) is 57.8 Å². The molecule has 1 atom stereocenters. The molecule has 94 valence electrons. The van der Waals surface area contributed by atoms with E-state index in [0.717, 1.165) is 15.7 Å². The minimum Gasteiger partial charge on any atom is -0.394 e. The molecule has 1 aromatic heterocycles. The molecule has 18 heavy (non-hydrogen) atoms. The van der Waals surface area contributed by atoms with Gasteiger partial charge in [-0.15, -0.1) is 0 Å². The molecule has 0 saturated heterocycles. The Morgan fingerprint density at radius 3 is 2.83 bits per heavy atom. The van der Waals surface area contributed by atoms with Crippen LogP contribution in [-0.4, -0.2) is 16.7 Å².